The molecule has 1 rings (SSSR count). The number of aliphatic hydroxyl groups excluding tert-OH is 1. The molecule has 0 heterocycles. The molecule has 0 fully saturated rings. The van der Waals surface area contributed by atoms with Crippen LogP contribution in [-0.4, -0.2) is 29.3 Å². The van der Waals surface area contributed by atoms with E-state index in [9.17, 15) is 9.90 Å². The predicted molar refractivity (Wildman–Crippen MR) is 81.1 cm³/mol. The van der Waals surface area contributed by atoms with E-state index >= 15 is 0 Å². The largest absolute Gasteiger partial charge is 0.460 e. The van der Waals surface area contributed by atoms with Crippen molar-refractivity contribution < 1.29 is 14.6 Å². The molecule has 0 aliphatic carbocycles. The fourth-order valence-corrected chi connectivity index (χ4v) is 1.90. The van der Waals surface area contributed by atoms with Gasteiger partial charge >= 0.3 is 5.97 Å². The van der Waals surface area contributed by atoms with Crippen LogP contribution in [0.3, 0.4) is 0 Å². The van der Waals surface area contributed by atoms with Crippen molar-refractivity contribution >= 4 is 23.3 Å². The van der Waals surface area contributed by atoms with Gasteiger partial charge in [-0.3, -0.25) is 4.79 Å². The molecular weight excluding hydrogens is 292 g/mol. The Labute approximate surface area is 129 Å². The number of ether oxygens (including phenoxy) is 1. The Morgan fingerprint density at radius 1 is 1.52 bits per heavy atom. The minimum Gasteiger partial charge on any atom is -0.460 e. The Morgan fingerprint density at radius 2 is 2.19 bits per heavy atom. The topological polar surface area (TPSA) is 82.3 Å². The van der Waals surface area contributed by atoms with E-state index in [1.165, 1.54) is 0 Å². The summed E-state index contributed by atoms with van der Waals surface area (Å²) in [6.45, 7) is 5.13. The van der Waals surface area contributed by atoms with Crippen molar-refractivity contribution in [3.8, 4) is 6.07 Å². The summed E-state index contributed by atoms with van der Waals surface area (Å²) in [4.78, 5) is 11.7. The van der Waals surface area contributed by atoms with Gasteiger partial charge in [-0.2, -0.15) is 5.26 Å². The maximum atomic E-state index is 11.7. The Balaban J connectivity index is 2.68. The number of carbonyl (C=O) groups excluding carboxylic acids is 1. The van der Waals surface area contributed by atoms with Crippen molar-refractivity contribution in [3.63, 3.8) is 0 Å². The minimum atomic E-state index is -0.561. The third-order valence-corrected chi connectivity index (χ3v) is 2.83. The number of hydrogen-bond donors (Lipinski definition) is 2. The fraction of sp³-hybridized carbons (Fsp3) is 0.467. The molecule has 2 N–H and O–H groups in total. The molecule has 21 heavy (non-hydrogen) atoms. The molecule has 1 unspecified atom stereocenters. The summed E-state index contributed by atoms with van der Waals surface area (Å²) in [5, 5.41) is 21.5. The quantitative estimate of drug-likeness (QED) is 0.817. The van der Waals surface area contributed by atoms with Crippen LogP contribution in [0, 0.1) is 11.3 Å². The van der Waals surface area contributed by atoms with Gasteiger partial charge in [0.1, 0.15) is 11.7 Å². The molecule has 0 saturated carbocycles. The maximum Gasteiger partial charge on any atom is 0.308 e. The third-order valence-electron chi connectivity index (χ3n) is 2.51. The van der Waals surface area contributed by atoms with E-state index in [4.69, 9.17) is 21.6 Å². The minimum absolute atomic E-state index is 0.0331. The first-order valence-electron chi connectivity index (χ1n) is 6.54. The Morgan fingerprint density at radius 3 is 2.67 bits per heavy atom. The third kappa shape index (κ3) is 6.03. The number of halogens is 1. The second kappa shape index (κ2) is 7.30. The molecule has 0 radical (unpaired) electrons. The lowest BCUT2D eigenvalue weighted by Crippen LogP contribution is -2.31. The second-order valence-corrected chi connectivity index (χ2v) is 6.03. The van der Waals surface area contributed by atoms with E-state index < -0.39 is 17.6 Å². The summed E-state index contributed by atoms with van der Waals surface area (Å²) in [6, 6.07) is 6.31. The van der Waals surface area contributed by atoms with Gasteiger partial charge in [-0.25, -0.2) is 0 Å². The number of nitrogens with zero attached hydrogens (tertiary/aromatic N) is 1. The predicted octanol–water partition coefficient (Wildman–Crippen LogP) is 2.72. The van der Waals surface area contributed by atoms with Gasteiger partial charge in [0, 0.05) is 5.69 Å². The van der Waals surface area contributed by atoms with Crippen LogP contribution in [0.5, 0.6) is 0 Å². The standard InChI is InChI=1S/C15H19ClN2O3/c1-15(2,3)21-14(20)7-12(9-19)18-11-5-4-10(8-17)13(16)6-11/h4-6,12,18-19H,7,9H2,1-3H3. The number of aliphatic hydroxyl groups is 1. The fourth-order valence-electron chi connectivity index (χ4n) is 1.68. The lowest BCUT2D eigenvalue weighted by Gasteiger charge is -2.22. The molecule has 0 aromatic heterocycles. The summed E-state index contributed by atoms with van der Waals surface area (Å²) >= 11 is 5.93. The zero-order valence-corrected chi connectivity index (χ0v) is 13.1. The van der Waals surface area contributed by atoms with E-state index in [2.05, 4.69) is 5.32 Å². The van der Waals surface area contributed by atoms with Crippen molar-refractivity contribution in [2.24, 2.45) is 0 Å². The van der Waals surface area contributed by atoms with Gasteiger partial charge in [-0.05, 0) is 39.0 Å². The molecule has 0 amide bonds. The van der Waals surface area contributed by atoms with Gasteiger partial charge < -0.3 is 15.2 Å². The highest BCUT2D eigenvalue weighted by molar-refractivity contribution is 6.32. The molecule has 1 aromatic carbocycles. The number of anilines is 1. The van der Waals surface area contributed by atoms with Gasteiger partial charge in [0.25, 0.3) is 0 Å². The van der Waals surface area contributed by atoms with Crippen molar-refractivity contribution in [3.05, 3.63) is 28.8 Å². The first kappa shape index (κ1) is 17.3. The molecule has 114 valence electrons. The molecule has 0 spiro atoms. The van der Waals surface area contributed by atoms with Crippen LogP contribution < -0.4 is 5.32 Å². The van der Waals surface area contributed by atoms with Crippen LogP contribution in [0.1, 0.15) is 32.8 Å². The number of rotatable bonds is 5. The lowest BCUT2D eigenvalue weighted by atomic mass is 10.1. The van der Waals surface area contributed by atoms with Crippen LogP contribution >= 0.6 is 11.6 Å². The first-order valence-corrected chi connectivity index (χ1v) is 6.92. The summed E-state index contributed by atoms with van der Waals surface area (Å²) in [6.07, 6.45) is 0.0331. The molecule has 0 aliphatic rings. The SMILES string of the molecule is CC(C)(C)OC(=O)CC(CO)Nc1ccc(C#N)c(Cl)c1. The normalized spacial score (nSPS) is 12.4. The number of carbonyl (C=O) groups is 1. The van der Waals surface area contributed by atoms with E-state index in [-0.39, 0.29) is 13.0 Å². The highest BCUT2D eigenvalue weighted by atomic mass is 35.5. The number of hydrogen-bond acceptors (Lipinski definition) is 5. The smallest absolute Gasteiger partial charge is 0.308 e. The van der Waals surface area contributed by atoms with E-state index in [0.717, 1.165) is 0 Å². The highest BCUT2D eigenvalue weighted by Crippen LogP contribution is 2.21. The van der Waals surface area contributed by atoms with Crippen molar-refractivity contribution in [2.45, 2.75) is 38.8 Å². The zero-order valence-electron chi connectivity index (χ0n) is 12.3. The van der Waals surface area contributed by atoms with E-state index in [1.54, 1.807) is 39.0 Å². The lowest BCUT2D eigenvalue weighted by molar-refractivity contribution is -0.155. The average molecular weight is 311 g/mol. The molecular formula is C15H19ClN2O3. The summed E-state index contributed by atoms with van der Waals surface area (Å²) < 4.78 is 5.21. The average Bonchev–Trinajstić information content (AvgIpc) is 2.36. The molecule has 0 saturated heterocycles. The number of nitriles is 1. The van der Waals surface area contributed by atoms with E-state index in [1.807, 2.05) is 6.07 Å². The van der Waals surface area contributed by atoms with Crippen molar-refractivity contribution in [1.29, 1.82) is 5.26 Å². The van der Waals surface area contributed by atoms with Crippen LogP contribution in [0.4, 0.5) is 5.69 Å². The Kier molecular flexibility index (Phi) is 6.01. The first-order chi connectivity index (χ1) is 9.75. The van der Waals surface area contributed by atoms with Gasteiger partial charge in [0.2, 0.25) is 0 Å². The molecule has 5 nitrogen and oxygen atoms in total. The number of nitrogens with one attached hydrogen (secondary N) is 1. The van der Waals surface area contributed by atoms with Crippen molar-refractivity contribution in [2.75, 3.05) is 11.9 Å². The van der Waals surface area contributed by atoms with E-state index in [0.29, 0.717) is 16.3 Å². The Bertz CT molecular complexity index is 547. The molecule has 6 heteroatoms. The monoisotopic (exact) mass is 310 g/mol. The van der Waals surface area contributed by atoms with Gasteiger partial charge in [0.05, 0.1) is 29.7 Å². The molecule has 0 bridgehead atoms. The number of esters is 1. The van der Waals surface area contributed by atoms with Crippen molar-refractivity contribution in [1.82, 2.24) is 0 Å². The summed E-state index contributed by atoms with van der Waals surface area (Å²) in [7, 11) is 0. The van der Waals surface area contributed by atoms with Gasteiger partial charge in [-0.15, -0.1) is 0 Å². The van der Waals surface area contributed by atoms with Crippen LogP contribution in [0.2, 0.25) is 5.02 Å². The van der Waals surface area contributed by atoms with Crippen LogP contribution in [-0.2, 0) is 9.53 Å². The Hall–Kier alpha value is -1.77. The van der Waals surface area contributed by atoms with Gasteiger partial charge in [-0.1, -0.05) is 11.6 Å². The molecule has 1 atom stereocenters. The number of benzene rings is 1. The summed E-state index contributed by atoms with van der Waals surface area (Å²) in [5.41, 5.74) is 0.436. The summed E-state index contributed by atoms with van der Waals surface area (Å²) in [5.74, 6) is -0.395. The maximum absolute atomic E-state index is 11.7. The van der Waals surface area contributed by atoms with Gasteiger partial charge in [0.15, 0.2) is 0 Å². The molecule has 0 aliphatic heterocycles. The van der Waals surface area contributed by atoms with Crippen LogP contribution in [0.15, 0.2) is 18.2 Å². The highest BCUT2D eigenvalue weighted by Gasteiger charge is 2.20. The second-order valence-electron chi connectivity index (χ2n) is 5.62. The zero-order chi connectivity index (χ0) is 16.0. The van der Waals surface area contributed by atoms with Crippen LogP contribution in [0.25, 0.3) is 0 Å². The molecule has 1 aromatic rings.